The van der Waals surface area contributed by atoms with E-state index in [2.05, 4.69) is 26.3 Å². The van der Waals surface area contributed by atoms with Gasteiger partial charge in [0.05, 0.1) is 23.4 Å². The molecule has 5 aliphatic rings. The van der Waals surface area contributed by atoms with Crippen molar-refractivity contribution in [1.29, 1.82) is 5.26 Å². The van der Waals surface area contributed by atoms with E-state index in [4.69, 9.17) is 5.26 Å². The highest BCUT2D eigenvalue weighted by Crippen LogP contribution is 2.55. The largest absolute Gasteiger partial charge is 0.345 e. The maximum absolute atomic E-state index is 13.3. The number of rotatable bonds is 5. The Kier molecular flexibility index (Phi) is 5.80. The minimum atomic E-state index is 0.0640. The molecule has 2 heterocycles. The van der Waals surface area contributed by atoms with Crippen molar-refractivity contribution in [3.63, 3.8) is 0 Å². The van der Waals surface area contributed by atoms with Crippen LogP contribution in [0.5, 0.6) is 0 Å². The van der Waals surface area contributed by atoms with Crippen LogP contribution in [0.4, 0.5) is 4.79 Å². The van der Waals surface area contributed by atoms with Gasteiger partial charge in [-0.15, -0.1) is 0 Å². The summed E-state index contributed by atoms with van der Waals surface area (Å²) in [5.74, 6) is 3.41. The minimum Gasteiger partial charge on any atom is -0.345 e. The molecule has 1 aromatic carbocycles. The van der Waals surface area contributed by atoms with E-state index in [0.717, 1.165) is 61.9 Å². The molecule has 1 unspecified atom stereocenters. The lowest BCUT2D eigenvalue weighted by Crippen LogP contribution is -2.63. The summed E-state index contributed by atoms with van der Waals surface area (Å²) < 4.78 is 0. The van der Waals surface area contributed by atoms with Gasteiger partial charge in [-0.1, -0.05) is 12.1 Å². The number of urea groups is 1. The van der Waals surface area contributed by atoms with Crippen LogP contribution in [0.3, 0.4) is 0 Å². The summed E-state index contributed by atoms with van der Waals surface area (Å²) in [5, 5.41) is 12.7. The summed E-state index contributed by atoms with van der Waals surface area (Å²) in [7, 11) is 0. The maximum atomic E-state index is 13.3. The molecule has 1 aromatic heterocycles. The summed E-state index contributed by atoms with van der Waals surface area (Å²) in [6.45, 7) is 5.15. The Bertz CT molecular complexity index is 1070. The van der Waals surface area contributed by atoms with Gasteiger partial charge in [-0.05, 0) is 87.3 Å². The molecule has 2 aromatic rings. The summed E-state index contributed by atoms with van der Waals surface area (Å²) >= 11 is 0. The second-order valence-corrected chi connectivity index (χ2v) is 11.6. The van der Waals surface area contributed by atoms with Gasteiger partial charge in [0.25, 0.3) is 0 Å². The molecule has 5 fully saturated rings. The van der Waals surface area contributed by atoms with Gasteiger partial charge in [0.1, 0.15) is 5.82 Å². The fourth-order valence-corrected chi connectivity index (χ4v) is 7.79. The van der Waals surface area contributed by atoms with Gasteiger partial charge < -0.3 is 15.2 Å². The van der Waals surface area contributed by atoms with Crippen molar-refractivity contribution in [2.45, 2.75) is 63.5 Å². The van der Waals surface area contributed by atoms with Gasteiger partial charge in [-0.2, -0.15) is 5.26 Å². The first kappa shape index (κ1) is 22.6. The van der Waals surface area contributed by atoms with E-state index in [0.29, 0.717) is 5.56 Å². The SMILES string of the molecule is Cc1ncc(C(Cc2ccc(C#N)cc2)N2CCN(C(=O)NC34CC5CC(CC(C5)C3)C4)CC2)[nH]1. The van der Waals surface area contributed by atoms with Crippen LogP contribution in [0, 0.1) is 36.0 Å². The topological polar surface area (TPSA) is 88.1 Å². The van der Waals surface area contributed by atoms with E-state index in [-0.39, 0.29) is 17.6 Å². The molecule has 7 rings (SSSR count). The van der Waals surface area contributed by atoms with E-state index >= 15 is 0 Å². The number of aryl methyl sites for hydroxylation is 1. The van der Waals surface area contributed by atoms with Gasteiger partial charge in [0, 0.05) is 37.9 Å². The number of nitrogens with zero attached hydrogens (tertiary/aromatic N) is 4. The number of piperazine rings is 1. The number of aromatic nitrogens is 2. The van der Waals surface area contributed by atoms with Gasteiger partial charge in [-0.25, -0.2) is 9.78 Å². The van der Waals surface area contributed by atoms with Crippen LogP contribution in [-0.2, 0) is 6.42 Å². The number of aromatic amines is 1. The molecule has 2 N–H and O–H groups in total. The quantitative estimate of drug-likeness (QED) is 0.684. The smallest absolute Gasteiger partial charge is 0.317 e. The van der Waals surface area contributed by atoms with Crippen LogP contribution in [0.1, 0.15) is 67.2 Å². The van der Waals surface area contributed by atoms with E-state index in [1.54, 1.807) is 0 Å². The Labute approximate surface area is 207 Å². The Balaban J connectivity index is 1.11. The number of amides is 2. The highest BCUT2D eigenvalue weighted by molar-refractivity contribution is 5.75. The van der Waals surface area contributed by atoms with Crippen LogP contribution in [0.2, 0.25) is 0 Å². The Morgan fingerprint density at radius 2 is 1.74 bits per heavy atom. The number of carbonyl (C=O) groups excluding carboxylic acids is 1. The normalized spacial score (nSPS) is 30.7. The highest BCUT2D eigenvalue weighted by atomic mass is 16.2. The average Bonchev–Trinajstić information content (AvgIpc) is 3.28. The van der Waals surface area contributed by atoms with Crippen molar-refractivity contribution in [1.82, 2.24) is 25.1 Å². The zero-order valence-electron chi connectivity index (χ0n) is 20.7. The number of nitrogens with one attached hydrogen (secondary N) is 2. The third kappa shape index (κ3) is 4.56. The first-order chi connectivity index (χ1) is 17.0. The molecular formula is C28H36N6O. The van der Waals surface area contributed by atoms with Crippen LogP contribution >= 0.6 is 0 Å². The lowest BCUT2D eigenvalue weighted by Gasteiger charge is -2.57. The molecule has 4 aliphatic carbocycles. The maximum Gasteiger partial charge on any atom is 0.317 e. The van der Waals surface area contributed by atoms with Crippen molar-refractivity contribution in [3.05, 3.63) is 53.1 Å². The number of hydrogen-bond donors (Lipinski definition) is 2. The lowest BCUT2D eigenvalue weighted by molar-refractivity contribution is -0.0168. The first-order valence-electron chi connectivity index (χ1n) is 13.3. The molecule has 1 atom stereocenters. The highest BCUT2D eigenvalue weighted by Gasteiger charge is 2.52. The Morgan fingerprint density at radius 1 is 1.11 bits per heavy atom. The zero-order valence-corrected chi connectivity index (χ0v) is 20.7. The van der Waals surface area contributed by atoms with Crippen LogP contribution in [0.25, 0.3) is 0 Å². The number of imidazole rings is 1. The second kappa shape index (κ2) is 8.98. The van der Waals surface area contributed by atoms with Crippen LogP contribution in [0.15, 0.2) is 30.5 Å². The van der Waals surface area contributed by atoms with Crippen molar-refractivity contribution in [2.75, 3.05) is 26.2 Å². The predicted octanol–water partition coefficient (Wildman–Crippen LogP) is 4.17. The number of hydrogen-bond acceptors (Lipinski definition) is 4. The molecule has 184 valence electrons. The average molecular weight is 473 g/mol. The fourth-order valence-electron chi connectivity index (χ4n) is 7.79. The summed E-state index contributed by atoms with van der Waals surface area (Å²) in [6, 6.07) is 10.4. The predicted molar refractivity (Wildman–Crippen MR) is 134 cm³/mol. The summed E-state index contributed by atoms with van der Waals surface area (Å²) in [6.07, 6.45) is 10.5. The third-order valence-electron chi connectivity index (χ3n) is 9.05. The second-order valence-electron chi connectivity index (χ2n) is 11.6. The third-order valence-corrected chi connectivity index (χ3v) is 9.05. The van der Waals surface area contributed by atoms with E-state index in [1.165, 1.54) is 44.1 Å². The summed E-state index contributed by atoms with van der Waals surface area (Å²) in [5.41, 5.74) is 3.05. The van der Waals surface area contributed by atoms with Gasteiger partial charge in [0.2, 0.25) is 0 Å². The molecule has 4 saturated carbocycles. The first-order valence-corrected chi connectivity index (χ1v) is 13.3. The van der Waals surface area contributed by atoms with Gasteiger partial charge in [0.15, 0.2) is 0 Å². The minimum absolute atomic E-state index is 0.0640. The van der Waals surface area contributed by atoms with Gasteiger partial charge in [-0.3, -0.25) is 4.90 Å². The molecule has 7 nitrogen and oxygen atoms in total. The molecule has 0 spiro atoms. The van der Waals surface area contributed by atoms with Crippen molar-refractivity contribution < 1.29 is 4.79 Å². The number of carbonyl (C=O) groups is 1. The van der Waals surface area contributed by atoms with Crippen LogP contribution < -0.4 is 5.32 Å². The zero-order chi connectivity index (χ0) is 24.0. The molecule has 1 saturated heterocycles. The Hall–Kier alpha value is -2.85. The monoisotopic (exact) mass is 472 g/mol. The lowest BCUT2D eigenvalue weighted by atomic mass is 9.53. The molecule has 35 heavy (non-hydrogen) atoms. The van der Waals surface area contributed by atoms with Crippen molar-refractivity contribution >= 4 is 6.03 Å². The Morgan fingerprint density at radius 3 is 2.29 bits per heavy atom. The molecule has 4 bridgehead atoms. The molecule has 2 amide bonds. The van der Waals surface area contributed by atoms with Crippen molar-refractivity contribution in [2.24, 2.45) is 17.8 Å². The standard InChI is InChI=1S/C28H36N6O/c1-19-30-18-25(31-19)26(13-20-2-4-21(17-29)5-3-20)33-6-8-34(9-7-33)27(35)32-28-14-22-10-23(15-28)12-24(11-22)16-28/h2-5,18,22-24,26H,6-16H2,1H3,(H,30,31)(H,32,35). The molecule has 1 aliphatic heterocycles. The molecule has 0 radical (unpaired) electrons. The molecule has 7 heteroatoms. The van der Waals surface area contributed by atoms with E-state index in [1.807, 2.05) is 42.3 Å². The molecular weight excluding hydrogens is 436 g/mol. The number of H-pyrrole nitrogens is 1. The number of nitriles is 1. The van der Waals surface area contributed by atoms with Gasteiger partial charge >= 0.3 is 6.03 Å². The number of benzene rings is 1. The van der Waals surface area contributed by atoms with Crippen molar-refractivity contribution in [3.8, 4) is 6.07 Å². The van der Waals surface area contributed by atoms with E-state index in [9.17, 15) is 4.79 Å². The summed E-state index contributed by atoms with van der Waals surface area (Å²) in [4.78, 5) is 25.7. The fraction of sp³-hybridized carbons (Fsp3) is 0.607. The van der Waals surface area contributed by atoms with E-state index < -0.39 is 0 Å². The van der Waals surface area contributed by atoms with Crippen LogP contribution in [-0.4, -0.2) is 57.5 Å².